The fourth-order valence-electron chi connectivity index (χ4n) is 3.79. The molecule has 0 saturated carbocycles. The second-order valence-electron chi connectivity index (χ2n) is 7.51. The first-order chi connectivity index (χ1) is 15.2. The molecular formula is C21H20N2O7S2. The van der Waals surface area contributed by atoms with Gasteiger partial charge in [0.1, 0.15) is 11.2 Å². The summed E-state index contributed by atoms with van der Waals surface area (Å²) in [5.74, 6) is -4.24. The predicted molar refractivity (Wildman–Crippen MR) is 117 cm³/mol. The van der Waals surface area contributed by atoms with Crippen LogP contribution in [-0.4, -0.2) is 46.7 Å². The number of nitrogens with one attached hydrogen (secondary N) is 1. The molecule has 4 rings (SSSR count). The number of carbonyl (C=O) groups is 4. The van der Waals surface area contributed by atoms with E-state index in [1.54, 1.807) is 20.8 Å². The van der Waals surface area contributed by atoms with E-state index in [1.807, 2.05) is 0 Å². The van der Waals surface area contributed by atoms with Gasteiger partial charge < -0.3 is 14.5 Å². The van der Waals surface area contributed by atoms with E-state index in [4.69, 9.17) is 9.47 Å². The Morgan fingerprint density at radius 2 is 1.81 bits per heavy atom. The fraction of sp³-hybridized carbons (Fsp3) is 0.381. The molecular weight excluding hydrogens is 456 g/mol. The SMILES string of the molecule is CCOC(=O)c1ccc(N2C(=O)[C@H]3[C@H](Sc4[nH]c(=O)sc4[C@@H]3C(=O)OC(C)C)C2=O)cc1. The Morgan fingerprint density at radius 3 is 2.44 bits per heavy atom. The highest BCUT2D eigenvalue weighted by atomic mass is 32.2. The van der Waals surface area contributed by atoms with Crippen LogP contribution in [0, 0.1) is 5.92 Å². The summed E-state index contributed by atoms with van der Waals surface area (Å²) in [6, 6.07) is 5.93. The van der Waals surface area contributed by atoms with Crippen LogP contribution in [0.1, 0.15) is 41.9 Å². The molecule has 3 atom stereocenters. The van der Waals surface area contributed by atoms with Gasteiger partial charge in [-0.1, -0.05) is 23.1 Å². The molecule has 2 aliphatic rings. The van der Waals surface area contributed by atoms with Gasteiger partial charge in [0.2, 0.25) is 11.8 Å². The number of aromatic nitrogens is 1. The van der Waals surface area contributed by atoms with Crippen LogP contribution in [0.3, 0.4) is 0 Å². The molecule has 2 amide bonds. The van der Waals surface area contributed by atoms with E-state index >= 15 is 0 Å². The molecule has 1 fully saturated rings. The number of H-pyrrole nitrogens is 1. The van der Waals surface area contributed by atoms with Crippen LogP contribution in [0.2, 0.25) is 0 Å². The first kappa shape index (κ1) is 22.3. The third-order valence-corrected chi connectivity index (χ3v) is 7.47. The Morgan fingerprint density at radius 1 is 1.12 bits per heavy atom. The highest BCUT2D eigenvalue weighted by Crippen LogP contribution is 2.51. The number of ether oxygens (including phenoxy) is 2. The van der Waals surface area contributed by atoms with Gasteiger partial charge in [0.25, 0.3) is 0 Å². The Labute approximate surface area is 191 Å². The number of benzene rings is 1. The van der Waals surface area contributed by atoms with Gasteiger partial charge in [-0.2, -0.15) is 0 Å². The van der Waals surface area contributed by atoms with E-state index in [1.165, 1.54) is 24.3 Å². The molecule has 1 saturated heterocycles. The van der Waals surface area contributed by atoms with Crippen molar-refractivity contribution in [3.63, 3.8) is 0 Å². The number of esters is 2. The second kappa shape index (κ2) is 8.55. The third-order valence-electron chi connectivity index (χ3n) is 5.07. The van der Waals surface area contributed by atoms with Gasteiger partial charge in [-0.05, 0) is 45.0 Å². The standard InChI is InChI=1S/C21H20N2O7S2/c1-4-29-19(26)10-5-7-11(8-6-10)23-17(24)12-13(20(27)30-9(2)3)14-16(22-21(28)32-14)31-15(12)18(23)25/h5-9,12-13,15H,4H2,1-3H3,(H,22,28)/t12-,13-,15+/m1/s1. The van der Waals surface area contributed by atoms with Crippen molar-refractivity contribution < 1.29 is 28.7 Å². The molecule has 168 valence electrons. The zero-order valence-corrected chi connectivity index (χ0v) is 19.1. The topological polar surface area (TPSA) is 123 Å². The molecule has 9 nitrogen and oxygen atoms in total. The highest BCUT2D eigenvalue weighted by molar-refractivity contribution is 8.00. The van der Waals surface area contributed by atoms with Crippen molar-refractivity contribution in [2.45, 2.75) is 43.1 Å². The first-order valence-electron chi connectivity index (χ1n) is 9.98. The maximum Gasteiger partial charge on any atom is 0.338 e. The summed E-state index contributed by atoms with van der Waals surface area (Å²) in [6.45, 7) is 5.29. The van der Waals surface area contributed by atoms with Crippen molar-refractivity contribution in [1.82, 2.24) is 4.98 Å². The largest absolute Gasteiger partial charge is 0.462 e. The molecule has 1 aromatic carbocycles. The summed E-state index contributed by atoms with van der Waals surface area (Å²) in [6.07, 6.45) is -0.423. The number of rotatable bonds is 5. The molecule has 2 aliphatic heterocycles. The molecule has 1 aromatic heterocycles. The Bertz CT molecular complexity index is 1150. The number of amides is 2. The Balaban J connectivity index is 1.70. The molecule has 2 aromatic rings. The minimum atomic E-state index is -1.05. The number of fused-ring (bicyclic) bond motifs is 2. The van der Waals surface area contributed by atoms with Gasteiger partial charge in [-0.25, -0.2) is 9.69 Å². The Hall–Kier alpha value is -2.92. The number of anilines is 1. The van der Waals surface area contributed by atoms with E-state index in [2.05, 4.69) is 4.98 Å². The van der Waals surface area contributed by atoms with Gasteiger partial charge in [-0.3, -0.25) is 19.2 Å². The van der Waals surface area contributed by atoms with Crippen molar-refractivity contribution in [3.05, 3.63) is 44.4 Å². The summed E-state index contributed by atoms with van der Waals surface area (Å²) >= 11 is 1.92. The van der Waals surface area contributed by atoms with Crippen LogP contribution in [0.25, 0.3) is 0 Å². The summed E-state index contributed by atoms with van der Waals surface area (Å²) in [4.78, 5) is 67.1. The van der Waals surface area contributed by atoms with Crippen molar-refractivity contribution in [2.75, 3.05) is 11.5 Å². The zero-order valence-electron chi connectivity index (χ0n) is 17.4. The van der Waals surface area contributed by atoms with Crippen LogP contribution in [-0.2, 0) is 23.9 Å². The molecule has 32 heavy (non-hydrogen) atoms. The van der Waals surface area contributed by atoms with Gasteiger partial charge >= 0.3 is 16.8 Å². The number of thiazole rings is 1. The minimum absolute atomic E-state index is 0.227. The summed E-state index contributed by atoms with van der Waals surface area (Å²) in [5.41, 5.74) is 0.579. The normalized spacial score (nSPS) is 22.0. The molecule has 0 bridgehead atoms. The van der Waals surface area contributed by atoms with E-state index in [9.17, 15) is 24.0 Å². The maximum absolute atomic E-state index is 13.4. The number of thioether (sulfide) groups is 1. The number of aromatic amines is 1. The zero-order chi connectivity index (χ0) is 23.2. The van der Waals surface area contributed by atoms with Crippen molar-refractivity contribution in [3.8, 4) is 0 Å². The lowest BCUT2D eigenvalue weighted by Gasteiger charge is -2.28. The van der Waals surface area contributed by atoms with Crippen LogP contribution in [0.4, 0.5) is 5.69 Å². The monoisotopic (exact) mass is 476 g/mol. The van der Waals surface area contributed by atoms with Crippen LogP contribution in [0.15, 0.2) is 34.1 Å². The van der Waals surface area contributed by atoms with Crippen molar-refractivity contribution in [2.24, 2.45) is 5.92 Å². The number of hydrogen-bond acceptors (Lipinski definition) is 9. The number of imide groups is 1. The quantitative estimate of drug-likeness (QED) is 0.515. The van der Waals surface area contributed by atoms with Crippen molar-refractivity contribution in [1.29, 1.82) is 0 Å². The number of carbonyl (C=O) groups excluding carboxylic acids is 4. The molecule has 0 unspecified atom stereocenters. The molecule has 1 N–H and O–H groups in total. The van der Waals surface area contributed by atoms with Crippen LogP contribution >= 0.6 is 23.1 Å². The summed E-state index contributed by atoms with van der Waals surface area (Å²) in [7, 11) is 0. The van der Waals surface area contributed by atoms with E-state index in [0.29, 0.717) is 15.5 Å². The van der Waals surface area contributed by atoms with Crippen LogP contribution < -0.4 is 9.77 Å². The first-order valence-corrected chi connectivity index (χ1v) is 11.7. The van der Waals surface area contributed by atoms with E-state index in [0.717, 1.165) is 28.0 Å². The minimum Gasteiger partial charge on any atom is -0.462 e. The molecule has 3 heterocycles. The van der Waals surface area contributed by atoms with Gasteiger partial charge in [0.05, 0.1) is 39.8 Å². The molecule has 0 aliphatic carbocycles. The average Bonchev–Trinajstić information content (AvgIpc) is 3.22. The number of hydrogen-bond donors (Lipinski definition) is 1. The third kappa shape index (κ3) is 3.75. The fourth-order valence-corrected chi connectivity index (χ4v) is 6.27. The highest BCUT2D eigenvalue weighted by Gasteiger charge is 2.58. The second-order valence-corrected chi connectivity index (χ2v) is 9.68. The summed E-state index contributed by atoms with van der Waals surface area (Å²) < 4.78 is 10.3. The molecule has 0 radical (unpaired) electrons. The summed E-state index contributed by atoms with van der Waals surface area (Å²) in [5, 5.41) is -0.470. The number of nitrogens with zero attached hydrogens (tertiary/aromatic N) is 1. The molecule has 11 heteroatoms. The smallest absolute Gasteiger partial charge is 0.338 e. The lowest BCUT2D eigenvalue weighted by Crippen LogP contribution is -2.36. The van der Waals surface area contributed by atoms with E-state index < -0.39 is 46.9 Å². The average molecular weight is 477 g/mol. The molecule has 0 spiro atoms. The van der Waals surface area contributed by atoms with Crippen LogP contribution in [0.5, 0.6) is 0 Å². The maximum atomic E-state index is 13.4. The Kier molecular flexibility index (Phi) is 5.95. The van der Waals surface area contributed by atoms with Gasteiger partial charge in [0.15, 0.2) is 0 Å². The van der Waals surface area contributed by atoms with Gasteiger partial charge in [-0.15, -0.1) is 0 Å². The van der Waals surface area contributed by atoms with E-state index in [-0.39, 0.29) is 17.2 Å². The lowest BCUT2D eigenvalue weighted by atomic mass is 9.88. The van der Waals surface area contributed by atoms with Gasteiger partial charge in [0, 0.05) is 0 Å². The lowest BCUT2D eigenvalue weighted by molar-refractivity contribution is -0.152. The van der Waals surface area contributed by atoms with Crippen molar-refractivity contribution >= 4 is 52.5 Å². The predicted octanol–water partition coefficient (Wildman–Crippen LogP) is 2.31.